The van der Waals surface area contributed by atoms with Gasteiger partial charge in [-0.05, 0) is 24.5 Å². The molecular formula is C15H13Cl2N3. The molecule has 0 radical (unpaired) electrons. The summed E-state index contributed by atoms with van der Waals surface area (Å²) < 4.78 is 1.65. The van der Waals surface area contributed by atoms with Gasteiger partial charge in [-0.3, -0.25) is 0 Å². The molecule has 0 N–H and O–H groups in total. The van der Waals surface area contributed by atoms with Gasteiger partial charge in [-0.25, -0.2) is 9.50 Å². The van der Waals surface area contributed by atoms with Crippen molar-refractivity contribution in [3.05, 3.63) is 51.9 Å². The molecule has 0 aliphatic carbocycles. The molecular weight excluding hydrogens is 293 g/mol. The zero-order valence-corrected chi connectivity index (χ0v) is 12.7. The molecule has 0 unspecified atom stereocenters. The topological polar surface area (TPSA) is 30.2 Å². The summed E-state index contributed by atoms with van der Waals surface area (Å²) in [5, 5.41) is 5.35. The smallest absolute Gasteiger partial charge is 0.158 e. The quantitative estimate of drug-likeness (QED) is 0.649. The van der Waals surface area contributed by atoms with E-state index in [1.807, 2.05) is 44.2 Å². The Labute approximate surface area is 127 Å². The summed E-state index contributed by atoms with van der Waals surface area (Å²) >= 11 is 12.8. The maximum absolute atomic E-state index is 6.50. The molecule has 102 valence electrons. The minimum Gasteiger partial charge on any atom is -0.216 e. The van der Waals surface area contributed by atoms with Crippen LogP contribution in [0.3, 0.4) is 0 Å². The van der Waals surface area contributed by atoms with Crippen LogP contribution in [0.2, 0.25) is 10.3 Å². The molecule has 0 amide bonds. The third-order valence-electron chi connectivity index (χ3n) is 3.33. The van der Waals surface area contributed by atoms with Gasteiger partial charge >= 0.3 is 0 Å². The number of fused-ring (bicyclic) bond motifs is 1. The fraction of sp³-hybridized carbons (Fsp3) is 0.200. The highest BCUT2D eigenvalue weighted by Gasteiger charge is 2.17. The molecule has 0 aliphatic heterocycles. The zero-order chi connectivity index (χ0) is 14.3. The highest BCUT2D eigenvalue weighted by Crippen LogP contribution is 2.35. The van der Waals surface area contributed by atoms with Gasteiger partial charge in [0.15, 0.2) is 5.65 Å². The molecule has 3 aromatic rings. The molecule has 5 heteroatoms. The van der Waals surface area contributed by atoms with E-state index in [4.69, 9.17) is 23.2 Å². The fourth-order valence-electron chi connectivity index (χ4n) is 2.24. The van der Waals surface area contributed by atoms with Gasteiger partial charge < -0.3 is 0 Å². The highest BCUT2D eigenvalue weighted by molar-refractivity contribution is 6.38. The monoisotopic (exact) mass is 305 g/mol. The fourth-order valence-corrected chi connectivity index (χ4v) is 2.88. The van der Waals surface area contributed by atoms with E-state index in [1.54, 1.807) is 4.52 Å². The number of aromatic nitrogens is 3. The number of halogens is 2. The Morgan fingerprint density at radius 1 is 1.20 bits per heavy atom. The van der Waals surface area contributed by atoms with Crippen LogP contribution in [-0.2, 0) is 6.42 Å². The second-order valence-corrected chi connectivity index (χ2v) is 5.36. The van der Waals surface area contributed by atoms with E-state index in [1.165, 1.54) is 0 Å². The zero-order valence-electron chi connectivity index (χ0n) is 11.2. The van der Waals surface area contributed by atoms with Crippen molar-refractivity contribution >= 4 is 28.8 Å². The van der Waals surface area contributed by atoms with Crippen molar-refractivity contribution < 1.29 is 0 Å². The van der Waals surface area contributed by atoms with E-state index in [0.717, 1.165) is 28.8 Å². The van der Waals surface area contributed by atoms with E-state index in [2.05, 4.69) is 10.1 Å². The Bertz CT molecular complexity index is 793. The van der Waals surface area contributed by atoms with Gasteiger partial charge in [0.2, 0.25) is 0 Å². The number of rotatable bonds is 2. The number of benzene rings is 1. The van der Waals surface area contributed by atoms with Gasteiger partial charge in [-0.15, -0.1) is 0 Å². The van der Waals surface area contributed by atoms with Crippen LogP contribution < -0.4 is 0 Å². The van der Waals surface area contributed by atoms with E-state index in [-0.39, 0.29) is 0 Å². The first kappa shape index (κ1) is 13.4. The third-order valence-corrected chi connectivity index (χ3v) is 3.95. The van der Waals surface area contributed by atoms with Gasteiger partial charge in [-0.2, -0.15) is 5.10 Å². The summed E-state index contributed by atoms with van der Waals surface area (Å²) in [5.41, 5.74) is 4.42. The standard InChI is InChI=1S/C15H13Cl2N3/c1-3-10-8-12-18-14(16)13(15(17)20(12)19-10)11-7-5-4-6-9(11)2/h4-8H,3H2,1-2H3. The molecule has 2 heterocycles. The number of hydrogen-bond donors (Lipinski definition) is 0. The Balaban J connectivity index is 2.34. The van der Waals surface area contributed by atoms with E-state index in [0.29, 0.717) is 16.0 Å². The lowest BCUT2D eigenvalue weighted by molar-refractivity contribution is 0.889. The molecule has 20 heavy (non-hydrogen) atoms. The van der Waals surface area contributed by atoms with Crippen LogP contribution in [0.4, 0.5) is 0 Å². The summed E-state index contributed by atoms with van der Waals surface area (Å²) in [6.45, 7) is 4.06. The molecule has 0 spiro atoms. The molecule has 3 nitrogen and oxygen atoms in total. The minimum absolute atomic E-state index is 0.402. The second-order valence-electron chi connectivity index (χ2n) is 4.64. The van der Waals surface area contributed by atoms with Crippen molar-refractivity contribution in [3.63, 3.8) is 0 Å². The molecule has 0 atom stereocenters. The lowest BCUT2D eigenvalue weighted by atomic mass is 10.0. The Hall–Kier alpha value is -1.58. The van der Waals surface area contributed by atoms with Gasteiger partial charge in [0, 0.05) is 6.07 Å². The van der Waals surface area contributed by atoms with Crippen molar-refractivity contribution in [1.29, 1.82) is 0 Å². The van der Waals surface area contributed by atoms with Gasteiger partial charge in [0.1, 0.15) is 10.3 Å². The van der Waals surface area contributed by atoms with Gasteiger partial charge in [0.05, 0.1) is 11.3 Å². The summed E-state index contributed by atoms with van der Waals surface area (Å²) in [6, 6.07) is 9.85. The largest absolute Gasteiger partial charge is 0.216 e. The van der Waals surface area contributed by atoms with Crippen LogP contribution in [0.5, 0.6) is 0 Å². The maximum atomic E-state index is 6.50. The van der Waals surface area contributed by atoms with Crippen molar-refractivity contribution in [2.75, 3.05) is 0 Å². The first-order chi connectivity index (χ1) is 9.61. The molecule has 2 aromatic heterocycles. The number of nitrogens with zero attached hydrogens (tertiary/aromatic N) is 3. The van der Waals surface area contributed by atoms with Crippen LogP contribution in [0.25, 0.3) is 16.8 Å². The highest BCUT2D eigenvalue weighted by atomic mass is 35.5. The SMILES string of the molecule is CCc1cc2nc(Cl)c(-c3ccccc3C)c(Cl)n2n1. The van der Waals surface area contributed by atoms with E-state index < -0.39 is 0 Å². The van der Waals surface area contributed by atoms with E-state index >= 15 is 0 Å². The van der Waals surface area contributed by atoms with Crippen molar-refractivity contribution in [2.45, 2.75) is 20.3 Å². The summed E-state index contributed by atoms with van der Waals surface area (Å²) in [5.74, 6) is 0. The van der Waals surface area contributed by atoms with Crippen LogP contribution in [0.15, 0.2) is 30.3 Å². The van der Waals surface area contributed by atoms with Crippen molar-refractivity contribution in [1.82, 2.24) is 14.6 Å². The lowest BCUT2D eigenvalue weighted by Gasteiger charge is -2.10. The van der Waals surface area contributed by atoms with E-state index in [9.17, 15) is 0 Å². The predicted octanol–water partition coefficient (Wildman–Crippen LogP) is 4.57. The van der Waals surface area contributed by atoms with Gasteiger partial charge in [-0.1, -0.05) is 54.4 Å². The molecule has 3 rings (SSSR count). The first-order valence-corrected chi connectivity index (χ1v) is 7.17. The Kier molecular flexibility index (Phi) is 3.40. The lowest BCUT2D eigenvalue weighted by Crippen LogP contribution is -1.98. The molecule has 0 aliphatic rings. The van der Waals surface area contributed by atoms with Crippen LogP contribution >= 0.6 is 23.2 Å². The molecule has 0 bridgehead atoms. The first-order valence-electron chi connectivity index (χ1n) is 6.41. The average Bonchev–Trinajstić information content (AvgIpc) is 2.84. The van der Waals surface area contributed by atoms with Gasteiger partial charge in [0.25, 0.3) is 0 Å². The second kappa shape index (κ2) is 5.08. The summed E-state index contributed by atoms with van der Waals surface area (Å²) in [6.07, 6.45) is 0.830. The molecule has 1 aromatic carbocycles. The summed E-state index contributed by atoms with van der Waals surface area (Å²) in [7, 11) is 0. The number of hydrogen-bond acceptors (Lipinski definition) is 2. The minimum atomic E-state index is 0.402. The molecule has 0 fully saturated rings. The molecule has 0 saturated carbocycles. The van der Waals surface area contributed by atoms with Crippen LogP contribution in [0.1, 0.15) is 18.2 Å². The summed E-state index contributed by atoms with van der Waals surface area (Å²) in [4.78, 5) is 4.40. The predicted molar refractivity (Wildman–Crippen MR) is 82.6 cm³/mol. The Morgan fingerprint density at radius 3 is 2.65 bits per heavy atom. The van der Waals surface area contributed by atoms with Crippen LogP contribution in [-0.4, -0.2) is 14.6 Å². The third kappa shape index (κ3) is 2.07. The van der Waals surface area contributed by atoms with Crippen LogP contribution in [0, 0.1) is 6.92 Å². The maximum Gasteiger partial charge on any atom is 0.158 e. The van der Waals surface area contributed by atoms with Crippen molar-refractivity contribution in [3.8, 4) is 11.1 Å². The molecule has 0 saturated heterocycles. The van der Waals surface area contributed by atoms with Crippen molar-refractivity contribution in [2.24, 2.45) is 0 Å². The average molecular weight is 306 g/mol. The Morgan fingerprint density at radius 2 is 1.95 bits per heavy atom. The number of aryl methyl sites for hydroxylation is 2. The normalized spacial score (nSPS) is 11.2.